The molecule has 2 aromatic carbocycles. The Bertz CT molecular complexity index is 746. The summed E-state index contributed by atoms with van der Waals surface area (Å²) in [5.41, 5.74) is 3.73. The van der Waals surface area contributed by atoms with Crippen molar-refractivity contribution in [3.63, 3.8) is 0 Å². The lowest BCUT2D eigenvalue weighted by Gasteiger charge is -2.37. The van der Waals surface area contributed by atoms with Gasteiger partial charge in [-0.1, -0.05) is 36.4 Å². The van der Waals surface area contributed by atoms with Gasteiger partial charge in [-0.05, 0) is 48.6 Å². The molecule has 1 aromatic heterocycles. The van der Waals surface area contributed by atoms with E-state index in [1.165, 1.54) is 29.5 Å². The Balaban J connectivity index is 1.43. The number of fused-ring (bicyclic) bond motifs is 1. The first-order valence-electron chi connectivity index (χ1n) is 7.55. The minimum atomic E-state index is 0.587. The van der Waals surface area contributed by atoms with Gasteiger partial charge >= 0.3 is 0 Å². The summed E-state index contributed by atoms with van der Waals surface area (Å²) < 4.78 is 0. The molecule has 3 aromatic rings. The second kappa shape index (κ2) is 5.21. The molecule has 1 aliphatic carbocycles. The van der Waals surface area contributed by atoms with Crippen molar-refractivity contribution in [3.8, 4) is 0 Å². The van der Waals surface area contributed by atoms with Crippen LogP contribution in [0.2, 0.25) is 0 Å². The molecule has 0 radical (unpaired) electrons. The SMILES string of the molecule is c1ccc(C2CC(Nc3ccc4ncccc4c3)C2)cc1. The topological polar surface area (TPSA) is 24.9 Å². The summed E-state index contributed by atoms with van der Waals surface area (Å²) >= 11 is 0. The molecule has 1 saturated carbocycles. The average Bonchev–Trinajstić information content (AvgIpc) is 2.51. The van der Waals surface area contributed by atoms with Crippen molar-refractivity contribution in [2.24, 2.45) is 0 Å². The van der Waals surface area contributed by atoms with Gasteiger partial charge in [0.1, 0.15) is 0 Å². The van der Waals surface area contributed by atoms with Gasteiger partial charge in [-0.25, -0.2) is 0 Å². The fourth-order valence-corrected chi connectivity index (χ4v) is 3.13. The van der Waals surface area contributed by atoms with Crippen LogP contribution in [0.1, 0.15) is 24.3 Å². The Labute approximate surface area is 124 Å². The molecule has 0 amide bonds. The minimum absolute atomic E-state index is 0.587. The number of benzene rings is 2. The first kappa shape index (κ1) is 12.4. The van der Waals surface area contributed by atoms with Gasteiger partial charge in [-0.3, -0.25) is 4.98 Å². The number of hydrogen-bond donors (Lipinski definition) is 1. The van der Waals surface area contributed by atoms with Crippen LogP contribution in [0.25, 0.3) is 10.9 Å². The van der Waals surface area contributed by atoms with Gasteiger partial charge < -0.3 is 5.32 Å². The van der Waals surface area contributed by atoms with Crippen molar-refractivity contribution < 1.29 is 0 Å². The second-order valence-electron chi connectivity index (χ2n) is 5.83. The van der Waals surface area contributed by atoms with E-state index in [-0.39, 0.29) is 0 Å². The number of anilines is 1. The molecular weight excluding hydrogens is 256 g/mol. The van der Waals surface area contributed by atoms with E-state index in [1.807, 2.05) is 12.3 Å². The van der Waals surface area contributed by atoms with Gasteiger partial charge in [0.05, 0.1) is 5.52 Å². The molecule has 1 aliphatic rings. The first-order chi connectivity index (χ1) is 10.4. The third-order valence-electron chi connectivity index (χ3n) is 4.38. The van der Waals surface area contributed by atoms with E-state index in [4.69, 9.17) is 0 Å². The van der Waals surface area contributed by atoms with E-state index >= 15 is 0 Å². The Hall–Kier alpha value is -2.35. The summed E-state index contributed by atoms with van der Waals surface area (Å²) in [4.78, 5) is 4.36. The molecule has 1 fully saturated rings. The second-order valence-corrected chi connectivity index (χ2v) is 5.83. The third-order valence-corrected chi connectivity index (χ3v) is 4.38. The van der Waals surface area contributed by atoms with Crippen LogP contribution in [0, 0.1) is 0 Å². The maximum absolute atomic E-state index is 4.36. The zero-order chi connectivity index (χ0) is 14.1. The van der Waals surface area contributed by atoms with Crippen molar-refractivity contribution in [3.05, 3.63) is 72.4 Å². The first-order valence-corrected chi connectivity index (χ1v) is 7.55. The van der Waals surface area contributed by atoms with Crippen LogP contribution < -0.4 is 5.32 Å². The van der Waals surface area contributed by atoms with E-state index in [2.05, 4.69) is 64.9 Å². The van der Waals surface area contributed by atoms with Gasteiger partial charge in [-0.15, -0.1) is 0 Å². The lowest BCUT2D eigenvalue weighted by atomic mass is 9.76. The van der Waals surface area contributed by atoms with Gasteiger partial charge in [0, 0.05) is 23.3 Å². The molecule has 2 heteroatoms. The molecule has 0 aliphatic heterocycles. The Morgan fingerprint density at radius 3 is 2.62 bits per heavy atom. The number of nitrogens with one attached hydrogen (secondary N) is 1. The summed E-state index contributed by atoms with van der Waals surface area (Å²) in [7, 11) is 0. The van der Waals surface area contributed by atoms with Gasteiger partial charge in [0.2, 0.25) is 0 Å². The molecule has 21 heavy (non-hydrogen) atoms. The summed E-state index contributed by atoms with van der Waals surface area (Å²) in [6, 6.07) is 21.9. The quantitative estimate of drug-likeness (QED) is 0.755. The largest absolute Gasteiger partial charge is 0.382 e. The highest BCUT2D eigenvalue weighted by Crippen LogP contribution is 2.38. The summed E-state index contributed by atoms with van der Waals surface area (Å²) in [5, 5.41) is 4.84. The minimum Gasteiger partial charge on any atom is -0.382 e. The summed E-state index contributed by atoms with van der Waals surface area (Å²) in [6.45, 7) is 0. The fraction of sp³-hybridized carbons (Fsp3) is 0.211. The Kier molecular flexibility index (Phi) is 3.07. The monoisotopic (exact) mass is 274 g/mol. The van der Waals surface area contributed by atoms with Crippen LogP contribution in [-0.2, 0) is 0 Å². The molecule has 2 nitrogen and oxygen atoms in total. The maximum atomic E-state index is 4.36. The van der Waals surface area contributed by atoms with Gasteiger partial charge in [0.25, 0.3) is 0 Å². The van der Waals surface area contributed by atoms with Gasteiger partial charge in [-0.2, -0.15) is 0 Å². The van der Waals surface area contributed by atoms with Crippen LogP contribution in [-0.4, -0.2) is 11.0 Å². The molecule has 0 atom stereocenters. The number of aromatic nitrogens is 1. The van der Waals surface area contributed by atoms with Crippen LogP contribution in [0.5, 0.6) is 0 Å². The molecule has 104 valence electrons. The normalized spacial score (nSPS) is 21.0. The third kappa shape index (κ3) is 2.49. The van der Waals surface area contributed by atoms with Crippen LogP contribution in [0.4, 0.5) is 5.69 Å². The standard InChI is InChI=1S/C19H18N2/c1-2-5-14(6-3-1)16-12-18(13-16)21-17-8-9-19-15(11-17)7-4-10-20-19/h1-11,16,18,21H,12-13H2. The molecular formula is C19H18N2. The molecule has 1 heterocycles. The number of rotatable bonds is 3. The van der Waals surface area contributed by atoms with Crippen molar-refractivity contribution in [2.75, 3.05) is 5.32 Å². The van der Waals surface area contributed by atoms with E-state index < -0.39 is 0 Å². The summed E-state index contributed by atoms with van der Waals surface area (Å²) in [5.74, 6) is 0.714. The molecule has 4 rings (SSSR count). The highest BCUT2D eigenvalue weighted by Gasteiger charge is 2.29. The predicted molar refractivity (Wildman–Crippen MR) is 87.6 cm³/mol. The number of pyridine rings is 1. The van der Waals surface area contributed by atoms with Crippen molar-refractivity contribution in [1.29, 1.82) is 0 Å². The zero-order valence-corrected chi connectivity index (χ0v) is 11.9. The highest BCUT2D eigenvalue weighted by atomic mass is 14.9. The number of hydrogen-bond acceptors (Lipinski definition) is 2. The zero-order valence-electron chi connectivity index (χ0n) is 11.9. The van der Waals surface area contributed by atoms with Crippen LogP contribution >= 0.6 is 0 Å². The Morgan fingerprint density at radius 1 is 0.905 bits per heavy atom. The molecule has 0 unspecified atom stereocenters. The van der Waals surface area contributed by atoms with Crippen molar-refractivity contribution >= 4 is 16.6 Å². The molecule has 0 bridgehead atoms. The van der Waals surface area contributed by atoms with Crippen molar-refractivity contribution in [1.82, 2.24) is 4.98 Å². The van der Waals surface area contributed by atoms with E-state index in [9.17, 15) is 0 Å². The number of nitrogens with zero attached hydrogens (tertiary/aromatic N) is 1. The Morgan fingerprint density at radius 2 is 1.76 bits per heavy atom. The van der Waals surface area contributed by atoms with Crippen LogP contribution in [0.3, 0.4) is 0 Å². The highest BCUT2D eigenvalue weighted by molar-refractivity contribution is 5.82. The molecule has 0 spiro atoms. The lowest BCUT2D eigenvalue weighted by Crippen LogP contribution is -2.33. The average molecular weight is 274 g/mol. The molecule has 0 saturated heterocycles. The smallest absolute Gasteiger partial charge is 0.0703 e. The fourth-order valence-electron chi connectivity index (χ4n) is 3.13. The molecule has 1 N–H and O–H groups in total. The maximum Gasteiger partial charge on any atom is 0.0703 e. The van der Waals surface area contributed by atoms with E-state index in [0.29, 0.717) is 12.0 Å². The van der Waals surface area contributed by atoms with E-state index in [0.717, 1.165) is 5.52 Å². The lowest BCUT2D eigenvalue weighted by molar-refractivity contribution is 0.374. The van der Waals surface area contributed by atoms with Gasteiger partial charge in [0.15, 0.2) is 0 Å². The van der Waals surface area contributed by atoms with Crippen molar-refractivity contribution in [2.45, 2.75) is 24.8 Å². The van der Waals surface area contributed by atoms with E-state index in [1.54, 1.807) is 0 Å². The predicted octanol–water partition coefficient (Wildman–Crippen LogP) is 4.59. The summed E-state index contributed by atoms with van der Waals surface area (Å²) in [6.07, 6.45) is 4.27. The van der Waals surface area contributed by atoms with Crippen LogP contribution in [0.15, 0.2) is 66.9 Å².